The van der Waals surface area contributed by atoms with E-state index in [0.717, 1.165) is 16.9 Å². The van der Waals surface area contributed by atoms with Crippen molar-refractivity contribution in [2.45, 2.75) is 26.4 Å². The van der Waals surface area contributed by atoms with Crippen molar-refractivity contribution in [3.63, 3.8) is 0 Å². The quantitative estimate of drug-likeness (QED) is 0.456. The van der Waals surface area contributed by atoms with E-state index in [4.69, 9.17) is 0 Å². The van der Waals surface area contributed by atoms with Crippen LogP contribution in [0.4, 0.5) is 0 Å². The van der Waals surface area contributed by atoms with Crippen molar-refractivity contribution in [3.8, 4) is 0 Å². The highest BCUT2D eigenvalue weighted by atomic mass is 32.1. The molecule has 2 aromatic carbocycles. The standard InChI is InChI=1S/C24H23N3O2S/c1-18-7-5-11-21-23(18)25-17-27(24(21)29)16-22(28)26(15-20-10-6-14-30-20)13-12-19-8-3-2-4-9-19/h2-11,14,17H,12-13,15-16H2,1H3. The summed E-state index contributed by atoms with van der Waals surface area (Å²) in [5, 5.41) is 2.55. The van der Waals surface area contributed by atoms with Crippen molar-refractivity contribution in [2.75, 3.05) is 6.54 Å². The van der Waals surface area contributed by atoms with E-state index in [1.807, 2.05) is 59.7 Å². The number of rotatable bonds is 7. The molecule has 0 spiro atoms. The SMILES string of the molecule is Cc1cccc2c(=O)n(CC(=O)N(CCc3ccccc3)Cc3cccs3)cnc12. The van der Waals surface area contributed by atoms with E-state index in [0.29, 0.717) is 24.0 Å². The Morgan fingerprint density at radius 1 is 1.07 bits per heavy atom. The number of hydrogen-bond acceptors (Lipinski definition) is 4. The molecule has 0 aliphatic carbocycles. The molecule has 30 heavy (non-hydrogen) atoms. The van der Waals surface area contributed by atoms with Crippen LogP contribution in [-0.4, -0.2) is 26.9 Å². The lowest BCUT2D eigenvalue weighted by atomic mass is 10.1. The predicted molar refractivity (Wildman–Crippen MR) is 121 cm³/mol. The predicted octanol–water partition coefficient (Wildman–Crippen LogP) is 4.04. The van der Waals surface area contributed by atoms with Gasteiger partial charge in [0.25, 0.3) is 5.56 Å². The van der Waals surface area contributed by atoms with Crippen LogP contribution in [0.5, 0.6) is 0 Å². The van der Waals surface area contributed by atoms with E-state index < -0.39 is 0 Å². The van der Waals surface area contributed by atoms with Crippen LogP contribution >= 0.6 is 11.3 Å². The molecule has 4 rings (SSSR count). The third kappa shape index (κ3) is 4.49. The third-order valence-electron chi connectivity index (χ3n) is 5.15. The fourth-order valence-electron chi connectivity index (χ4n) is 3.49. The molecule has 0 radical (unpaired) electrons. The Balaban J connectivity index is 1.56. The summed E-state index contributed by atoms with van der Waals surface area (Å²) in [6, 6.07) is 19.7. The summed E-state index contributed by atoms with van der Waals surface area (Å²) in [4.78, 5) is 33.4. The lowest BCUT2D eigenvalue weighted by Crippen LogP contribution is -2.37. The number of nitrogens with zero attached hydrogens (tertiary/aromatic N) is 3. The number of amides is 1. The molecule has 6 heteroatoms. The zero-order valence-corrected chi connectivity index (χ0v) is 17.6. The molecule has 2 aromatic heterocycles. The number of para-hydroxylation sites is 1. The average Bonchev–Trinajstić information content (AvgIpc) is 3.27. The molecule has 0 aliphatic heterocycles. The van der Waals surface area contributed by atoms with Gasteiger partial charge in [-0.15, -0.1) is 11.3 Å². The van der Waals surface area contributed by atoms with Crippen molar-refractivity contribution >= 4 is 28.1 Å². The van der Waals surface area contributed by atoms with Gasteiger partial charge in [0, 0.05) is 11.4 Å². The van der Waals surface area contributed by atoms with Gasteiger partial charge >= 0.3 is 0 Å². The summed E-state index contributed by atoms with van der Waals surface area (Å²) in [7, 11) is 0. The van der Waals surface area contributed by atoms with Crippen LogP contribution in [-0.2, 0) is 24.3 Å². The van der Waals surface area contributed by atoms with E-state index in [9.17, 15) is 9.59 Å². The highest BCUT2D eigenvalue weighted by molar-refractivity contribution is 7.09. The van der Waals surface area contributed by atoms with Crippen LogP contribution in [0.15, 0.2) is 77.2 Å². The summed E-state index contributed by atoms with van der Waals surface area (Å²) in [6.07, 6.45) is 2.25. The van der Waals surface area contributed by atoms with Crippen molar-refractivity contribution in [3.05, 3.63) is 98.7 Å². The molecule has 0 atom stereocenters. The minimum absolute atomic E-state index is 0.0180. The van der Waals surface area contributed by atoms with Crippen LogP contribution < -0.4 is 5.56 Å². The second-order valence-corrected chi connectivity index (χ2v) is 8.31. The topological polar surface area (TPSA) is 55.2 Å². The molecule has 0 N–H and O–H groups in total. The highest BCUT2D eigenvalue weighted by Crippen LogP contribution is 2.14. The zero-order chi connectivity index (χ0) is 20.9. The molecular weight excluding hydrogens is 394 g/mol. The maximum atomic E-state index is 13.2. The molecule has 0 saturated carbocycles. The molecule has 2 heterocycles. The number of carbonyl (C=O) groups excluding carboxylic acids is 1. The number of fused-ring (bicyclic) bond motifs is 1. The van der Waals surface area contributed by atoms with Gasteiger partial charge in [-0.1, -0.05) is 48.5 Å². The first-order chi connectivity index (χ1) is 14.6. The second-order valence-electron chi connectivity index (χ2n) is 7.28. The van der Waals surface area contributed by atoms with E-state index in [2.05, 4.69) is 17.1 Å². The van der Waals surface area contributed by atoms with E-state index >= 15 is 0 Å². The molecule has 0 saturated heterocycles. The smallest absolute Gasteiger partial charge is 0.261 e. The molecule has 1 amide bonds. The molecule has 0 unspecified atom stereocenters. The van der Waals surface area contributed by atoms with Gasteiger partial charge in [0.1, 0.15) is 6.54 Å². The Bertz CT molecular complexity index is 1200. The summed E-state index contributed by atoms with van der Waals surface area (Å²) in [5.41, 5.74) is 2.63. The lowest BCUT2D eigenvalue weighted by Gasteiger charge is -2.23. The van der Waals surface area contributed by atoms with Gasteiger partial charge in [-0.2, -0.15) is 0 Å². The van der Waals surface area contributed by atoms with Crippen LogP contribution in [0.25, 0.3) is 10.9 Å². The maximum Gasteiger partial charge on any atom is 0.261 e. The number of benzene rings is 2. The Labute approximate surface area is 179 Å². The largest absolute Gasteiger partial charge is 0.336 e. The Kier molecular flexibility index (Phi) is 6.05. The second kappa shape index (κ2) is 9.05. The van der Waals surface area contributed by atoms with Crippen LogP contribution in [0.1, 0.15) is 16.0 Å². The van der Waals surface area contributed by atoms with Crippen LogP contribution in [0, 0.1) is 6.92 Å². The summed E-state index contributed by atoms with van der Waals surface area (Å²) < 4.78 is 1.41. The first kappa shape index (κ1) is 20.0. The van der Waals surface area contributed by atoms with Crippen molar-refractivity contribution in [1.29, 1.82) is 0 Å². The number of carbonyl (C=O) groups is 1. The van der Waals surface area contributed by atoms with Gasteiger partial charge < -0.3 is 4.90 Å². The minimum Gasteiger partial charge on any atom is -0.336 e. The molecule has 0 bridgehead atoms. The molecule has 0 aliphatic rings. The molecular formula is C24H23N3O2S. The first-order valence-electron chi connectivity index (χ1n) is 9.90. The maximum absolute atomic E-state index is 13.2. The van der Waals surface area contributed by atoms with Gasteiger partial charge in [-0.25, -0.2) is 4.98 Å². The highest BCUT2D eigenvalue weighted by Gasteiger charge is 2.17. The zero-order valence-electron chi connectivity index (χ0n) is 16.8. The van der Waals surface area contributed by atoms with Gasteiger partial charge in [0.15, 0.2) is 0 Å². The fraction of sp³-hybridized carbons (Fsp3) is 0.208. The van der Waals surface area contributed by atoms with E-state index in [-0.39, 0.29) is 18.0 Å². The van der Waals surface area contributed by atoms with Crippen molar-refractivity contribution in [1.82, 2.24) is 14.5 Å². The number of thiophene rings is 1. The van der Waals surface area contributed by atoms with Gasteiger partial charge in [-0.05, 0) is 42.0 Å². The summed E-state index contributed by atoms with van der Waals surface area (Å²) >= 11 is 1.63. The normalized spacial score (nSPS) is 11.0. The van der Waals surface area contributed by atoms with Crippen LogP contribution in [0.2, 0.25) is 0 Å². The molecule has 0 fully saturated rings. The summed E-state index contributed by atoms with van der Waals surface area (Å²) in [6.45, 7) is 3.04. The number of aryl methyl sites for hydroxylation is 1. The van der Waals surface area contributed by atoms with E-state index in [1.54, 1.807) is 17.4 Å². The Hall–Kier alpha value is -3.25. The first-order valence-corrected chi connectivity index (χ1v) is 10.8. The average molecular weight is 418 g/mol. The number of hydrogen-bond donors (Lipinski definition) is 0. The van der Waals surface area contributed by atoms with Gasteiger partial charge in [0.05, 0.1) is 23.8 Å². The molecule has 4 aromatic rings. The lowest BCUT2D eigenvalue weighted by molar-refractivity contribution is -0.132. The van der Waals surface area contributed by atoms with E-state index in [1.165, 1.54) is 16.5 Å². The van der Waals surface area contributed by atoms with Gasteiger partial charge in [0.2, 0.25) is 5.91 Å². The van der Waals surface area contributed by atoms with Crippen LogP contribution in [0.3, 0.4) is 0 Å². The Morgan fingerprint density at radius 3 is 2.67 bits per heavy atom. The summed E-state index contributed by atoms with van der Waals surface area (Å²) in [5.74, 6) is -0.0877. The fourth-order valence-corrected chi connectivity index (χ4v) is 4.21. The van der Waals surface area contributed by atoms with Gasteiger partial charge in [-0.3, -0.25) is 14.2 Å². The van der Waals surface area contributed by atoms with Crippen molar-refractivity contribution in [2.24, 2.45) is 0 Å². The monoisotopic (exact) mass is 417 g/mol. The minimum atomic E-state index is -0.184. The third-order valence-corrected chi connectivity index (χ3v) is 6.01. The Morgan fingerprint density at radius 2 is 1.90 bits per heavy atom. The van der Waals surface area contributed by atoms with Crippen molar-refractivity contribution < 1.29 is 4.79 Å². The molecule has 152 valence electrons. The number of aromatic nitrogens is 2. The molecule has 5 nitrogen and oxygen atoms in total.